The minimum Gasteiger partial charge on any atom is -0.429 e. The summed E-state index contributed by atoms with van der Waals surface area (Å²) in [6.45, 7) is 1.73. The van der Waals surface area contributed by atoms with Crippen LogP contribution in [0, 0.1) is 46.5 Å². The summed E-state index contributed by atoms with van der Waals surface area (Å²) in [5, 5.41) is -2.88. The van der Waals surface area contributed by atoms with Crippen LogP contribution in [0.25, 0.3) is 32.7 Å². The van der Waals surface area contributed by atoms with Gasteiger partial charge in [-0.25, -0.2) is 35.1 Å². The van der Waals surface area contributed by atoms with Crippen molar-refractivity contribution in [3.8, 4) is 16.9 Å². The topological polar surface area (TPSA) is 9.23 Å². The van der Waals surface area contributed by atoms with E-state index in [2.05, 4.69) is 4.74 Å². The van der Waals surface area contributed by atoms with Crippen molar-refractivity contribution < 1.29 is 48.6 Å². The fourth-order valence-electron chi connectivity index (χ4n) is 4.64. The summed E-state index contributed by atoms with van der Waals surface area (Å²) in [5.74, 6) is -13.8. The maximum atomic E-state index is 15.4. The Hall–Kier alpha value is -4.28. The van der Waals surface area contributed by atoms with Crippen LogP contribution in [0.3, 0.4) is 0 Å². The Morgan fingerprint density at radius 2 is 1.22 bits per heavy atom. The number of aryl methyl sites for hydroxylation is 1. The monoisotopic (exact) mass is 582 g/mol. The van der Waals surface area contributed by atoms with E-state index in [1.165, 1.54) is 6.07 Å². The number of hydrogen-bond acceptors (Lipinski definition) is 1. The minimum atomic E-state index is -4.67. The van der Waals surface area contributed by atoms with Crippen molar-refractivity contribution in [3.63, 3.8) is 0 Å². The maximum Gasteiger partial charge on any atom is 0.429 e. The Labute approximate surface area is 225 Å². The second-order valence-electron chi connectivity index (χ2n) is 9.21. The highest BCUT2D eigenvalue weighted by Crippen LogP contribution is 2.40. The number of hydrogen-bond donors (Lipinski definition) is 0. The number of alkyl halides is 2. The average molecular weight is 582 g/mol. The van der Waals surface area contributed by atoms with Crippen LogP contribution in [0.5, 0.6) is 5.75 Å². The van der Waals surface area contributed by atoms with E-state index in [1.54, 1.807) is 6.92 Å². The molecule has 0 aromatic heterocycles. The van der Waals surface area contributed by atoms with Gasteiger partial charge in [-0.15, -0.1) is 0 Å². The van der Waals surface area contributed by atoms with Crippen LogP contribution < -0.4 is 4.74 Å². The van der Waals surface area contributed by atoms with Gasteiger partial charge in [0.25, 0.3) is 0 Å². The summed E-state index contributed by atoms with van der Waals surface area (Å²) >= 11 is 0. The molecular formula is C30H16F10O. The predicted octanol–water partition coefficient (Wildman–Crippen LogP) is 9.85. The lowest BCUT2D eigenvalue weighted by Crippen LogP contribution is -2.24. The quantitative estimate of drug-likeness (QED) is 0.181. The fourth-order valence-corrected chi connectivity index (χ4v) is 4.64. The van der Waals surface area contributed by atoms with Crippen molar-refractivity contribution in [1.82, 2.24) is 0 Å². The van der Waals surface area contributed by atoms with Gasteiger partial charge in [0.1, 0.15) is 22.9 Å². The van der Waals surface area contributed by atoms with E-state index in [4.69, 9.17) is 0 Å². The smallest absolute Gasteiger partial charge is 0.429 e. The van der Waals surface area contributed by atoms with Gasteiger partial charge >= 0.3 is 6.11 Å². The van der Waals surface area contributed by atoms with Crippen LogP contribution in [0.1, 0.15) is 24.5 Å². The third kappa shape index (κ3) is 4.72. The molecule has 0 atom stereocenters. The summed E-state index contributed by atoms with van der Waals surface area (Å²) < 4.78 is 151. The summed E-state index contributed by atoms with van der Waals surface area (Å²) in [4.78, 5) is 0. The third-order valence-corrected chi connectivity index (χ3v) is 6.59. The molecule has 1 nitrogen and oxygen atoms in total. The highest BCUT2D eigenvalue weighted by atomic mass is 19.3. The van der Waals surface area contributed by atoms with Crippen LogP contribution >= 0.6 is 0 Å². The minimum absolute atomic E-state index is 0.0302. The molecule has 0 heterocycles. The third-order valence-electron chi connectivity index (χ3n) is 6.59. The van der Waals surface area contributed by atoms with Crippen molar-refractivity contribution in [3.05, 3.63) is 112 Å². The van der Waals surface area contributed by atoms with Crippen LogP contribution in [-0.2, 0) is 12.5 Å². The lowest BCUT2D eigenvalue weighted by molar-refractivity contribution is -0.187. The fraction of sp³-hybridized carbons (Fsp3) is 0.133. The van der Waals surface area contributed by atoms with Gasteiger partial charge in [0, 0.05) is 17.2 Å². The zero-order valence-electron chi connectivity index (χ0n) is 20.8. The van der Waals surface area contributed by atoms with E-state index >= 15 is 17.6 Å². The first-order chi connectivity index (χ1) is 19.4. The first-order valence-corrected chi connectivity index (χ1v) is 12.1. The van der Waals surface area contributed by atoms with Gasteiger partial charge < -0.3 is 4.74 Å². The highest BCUT2D eigenvalue weighted by molar-refractivity contribution is 5.90. The molecule has 0 unspecified atom stereocenters. The normalized spacial score (nSPS) is 12.0. The second kappa shape index (κ2) is 10.3. The molecule has 0 bridgehead atoms. The van der Waals surface area contributed by atoms with Gasteiger partial charge in [-0.05, 0) is 41.0 Å². The average Bonchev–Trinajstić information content (AvgIpc) is 2.91. The van der Waals surface area contributed by atoms with Crippen LogP contribution in [0.4, 0.5) is 43.9 Å². The standard InChI is InChI=1S/C30H16F10O/c1-2-3-13-4-7-18(26(35)24(13)33)17-8-5-15-11-19(27(36)29(38)23(15)25(17)34)30(39,40)41-16-10-14-6-9-20(31)28(37)22(14)21(32)12-16/h4-12H,2-3H2,1H3. The molecule has 0 amide bonds. The molecule has 0 spiro atoms. The van der Waals surface area contributed by atoms with Crippen LogP contribution in [0.15, 0.2) is 54.6 Å². The summed E-state index contributed by atoms with van der Waals surface area (Å²) in [6.07, 6.45) is -3.98. The van der Waals surface area contributed by atoms with Crippen molar-refractivity contribution in [2.75, 3.05) is 0 Å². The zero-order valence-corrected chi connectivity index (χ0v) is 20.8. The molecule has 41 heavy (non-hydrogen) atoms. The van der Waals surface area contributed by atoms with E-state index in [1.807, 2.05) is 0 Å². The molecule has 0 aliphatic heterocycles. The van der Waals surface area contributed by atoms with Crippen molar-refractivity contribution >= 4 is 21.5 Å². The zero-order chi connectivity index (χ0) is 29.8. The van der Waals surface area contributed by atoms with Crippen molar-refractivity contribution in [2.24, 2.45) is 0 Å². The molecule has 0 aliphatic carbocycles. The van der Waals surface area contributed by atoms with Crippen molar-refractivity contribution in [1.29, 1.82) is 0 Å². The first kappa shape index (κ1) is 28.3. The second-order valence-corrected chi connectivity index (χ2v) is 9.21. The summed E-state index contributed by atoms with van der Waals surface area (Å²) in [7, 11) is 0. The molecule has 0 radical (unpaired) electrons. The van der Waals surface area contributed by atoms with Crippen molar-refractivity contribution in [2.45, 2.75) is 25.9 Å². The Kier molecular flexibility index (Phi) is 7.08. The molecule has 212 valence electrons. The molecule has 11 heteroatoms. The lowest BCUT2D eigenvalue weighted by atomic mass is 9.96. The van der Waals surface area contributed by atoms with Gasteiger partial charge in [0.05, 0.1) is 10.8 Å². The summed E-state index contributed by atoms with van der Waals surface area (Å²) in [6, 6.07) is 7.02. The van der Waals surface area contributed by atoms with Gasteiger partial charge in [-0.3, -0.25) is 0 Å². The molecule has 0 saturated carbocycles. The number of benzene rings is 5. The molecule has 5 rings (SSSR count). The summed E-state index contributed by atoms with van der Waals surface area (Å²) in [5.41, 5.74) is -2.89. The number of rotatable bonds is 6. The molecule has 0 aliphatic rings. The van der Waals surface area contributed by atoms with Gasteiger partial charge in [-0.1, -0.05) is 43.7 Å². The number of fused-ring (bicyclic) bond motifs is 2. The molecule has 5 aromatic carbocycles. The molecular weight excluding hydrogens is 566 g/mol. The van der Waals surface area contributed by atoms with Crippen LogP contribution in [-0.4, -0.2) is 0 Å². The van der Waals surface area contributed by atoms with E-state index < -0.39 is 91.2 Å². The van der Waals surface area contributed by atoms with E-state index in [0.29, 0.717) is 24.6 Å². The van der Waals surface area contributed by atoms with Crippen LogP contribution in [0.2, 0.25) is 0 Å². The van der Waals surface area contributed by atoms with E-state index in [9.17, 15) is 26.3 Å². The van der Waals surface area contributed by atoms with E-state index in [0.717, 1.165) is 30.3 Å². The van der Waals surface area contributed by atoms with E-state index in [-0.39, 0.29) is 17.4 Å². The molecule has 5 aromatic rings. The Balaban J connectivity index is 1.58. The lowest BCUT2D eigenvalue weighted by Gasteiger charge is -2.21. The molecule has 0 N–H and O–H groups in total. The number of halogens is 10. The Morgan fingerprint density at radius 1 is 0.585 bits per heavy atom. The van der Waals surface area contributed by atoms with Gasteiger partial charge in [0.15, 0.2) is 34.9 Å². The predicted molar refractivity (Wildman–Crippen MR) is 132 cm³/mol. The maximum absolute atomic E-state index is 15.4. The Bertz CT molecular complexity index is 1850. The number of ether oxygens (including phenoxy) is 1. The Morgan fingerprint density at radius 3 is 1.93 bits per heavy atom. The van der Waals surface area contributed by atoms with Gasteiger partial charge in [-0.2, -0.15) is 8.78 Å². The SMILES string of the molecule is CCCc1ccc(-c2ccc3cc(C(F)(F)Oc4cc(F)c5c(F)c(F)ccc5c4)c(F)c(F)c3c2F)c(F)c1F. The van der Waals surface area contributed by atoms with Gasteiger partial charge in [0.2, 0.25) is 0 Å². The highest BCUT2D eigenvalue weighted by Gasteiger charge is 2.40. The first-order valence-electron chi connectivity index (χ1n) is 12.1. The largest absolute Gasteiger partial charge is 0.429 e. The molecule has 0 fully saturated rings. The molecule has 0 saturated heterocycles.